The second-order valence-electron chi connectivity index (χ2n) is 8.85. The molecule has 4 nitrogen and oxygen atoms in total. The van der Waals surface area contributed by atoms with E-state index in [1.54, 1.807) is 0 Å². The van der Waals surface area contributed by atoms with Crippen LogP contribution in [-0.4, -0.2) is 18.2 Å². The molecule has 0 saturated carbocycles. The summed E-state index contributed by atoms with van der Waals surface area (Å²) in [5, 5.41) is 0. The third kappa shape index (κ3) is 23.1. The first kappa shape index (κ1) is 29.6. The molecule has 0 aliphatic heterocycles. The molecule has 0 aliphatic carbocycles. The SMILES string of the molecule is CCCCCCCCCCCCCCCCCC(=O)[O][La]([O]C(C)C)[O]C(C)C. The van der Waals surface area contributed by atoms with E-state index in [2.05, 4.69) is 6.92 Å². The van der Waals surface area contributed by atoms with E-state index in [0.717, 1.165) is 12.8 Å². The Morgan fingerprint density at radius 1 is 0.621 bits per heavy atom. The van der Waals surface area contributed by atoms with Gasteiger partial charge in [0.25, 0.3) is 0 Å². The quantitative estimate of drug-likeness (QED) is 0.138. The van der Waals surface area contributed by atoms with Gasteiger partial charge in [0.15, 0.2) is 0 Å². The molecule has 0 radical (unpaired) electrons. The average Bonchev–Trinajstić information content (AvgIpc) is 2.63. The Balaban J connectivity index is 3.45. The fraction of sp³-hybridized carbons (Fsp3) is 0.958. The topological polar surface area (TPSA) is 44.8 Å². The fourth-order valence-corrected chi connectivity index (χ4v) is 7.72. The summed E-state index contributed by atoms with van der Waals surface area (Å²) < 4.78 is 17.0. The Morgan fingerprint density at radius 3 is 1.31 bits per heavy atom. The summed E-state index contributed by atoms with van der Waals surface area (Å²) in [5.41, 5.74) is 0. The van der Waals surface area contributed by atoms with Crippen LogP contribution in [0.4, 0.5) is 0 Å². The summed E-state index contributed by atoms with van der Waals surface area (Å²) in [6.07, 6.45) is 20.5. The first-order chi connectivity index (χ1) is 14.0. The van der Waals surface area contributed by atoms with Gasteiger partial charge in [0.1, 0.15) is 0 Å². The maximum absolute atomic E-state index is 12.0. The van der Waals surface area contributed by atoms with Gasteiger partial charge in [-0.05, 0) is 0 Å². The van der Waals surface area contributed by atoms with Gasteiger partial charge in [-0.1, -0.05) is 45.4 Å². The molecule has 0 bridgehead atoms. The van der Waals surface area contributed by atoms with Crippen LogP contribution < -0.4 is 0 Å². The number of rotatable bonds is 21. The maximum atomic E-state index is 12.0. The van der Waals surface area contributed by atoms with Gasteiger partial charge in [-0.3, -0.25) is 0 Å². The van der Waals surface area contributed by atoms with Crippen molar-refractivity contribution in [3.8, 4) is 0 Å². The molecule has 0 atom stereocenters. The first-order valence-corrected chi connectivity index (χ1v) is 16.9. The summed E-state index contributed by atoms with van der Waals surface area (Å²) in [5.74, 6) is -0.132. The van der Waals surface area contributed by atoms with Crippen molar-refractivity contribution in [2.75, 3.05) is 0 Å². The molecule has 5 heteroatoms. The van der Waals surface area contributed by atoms with E-state index < -0.39 is 31.6 Å². The molecule has 0 saturated heterocycles. The van der Waals surface area contributed by atoms with E-state index in [0.29, 0.717) is 6.42 Å². The Kier molecular flexibility index (Phi) is 22.2. The molecule has 0 aromatic carbocycles. The van der Waals surface area contributed by atoms with Gasteiger partial charge in [-0.25, -0.2) is 0 Å². The monoisotopic (exact) mass is 540 g/mol. The van der Waals surface area contributed by atoms with E-state index in [1.807, 2.05) is 27.7 Å². The number of hydrogen-bond acceptors (Lipinski definition) is 4. The molecule has 0 heterocycles. The molecule has 0 aromatic rings. The predicted molar refractivity (Wildman–Crippen MR) is 118 cm³/mol. The number of carbonyl (C=O) groups excluding carboxylic acids is 1. The Hall–Kier alpha value is 0.585. The molecule has 0 aromatic heterocycles. The normalized spacial score (nSPS) is 11.4. The Morgan fingerprint density at radius 2 is 0.966 bits per heavy atom. The zero-order chi connectivity index (χ0) is 21.7. The van der Waals surface area contributed by atoms with Crippen LogP contribution in [0.1, 0.15) is 137 Å². The first-order valence-electron chi connectivity index (χ1n) is 12.5. The summed E-state index contributed by atoms with van der Waals surface area (Å²) in [7, 11) is 0. The third-order valence-electron chi connectivity index (χ3n) is 4.98. The number of hydrogen-bond donors (Lipinski definition) is 0. The van der Waals surface area contributed by atoms with Crippen LogP contribution in [0.5, 0.6) is 0 Å². The van der Waals surface area contributed by atoms with Gasteiger partial charge in [0.2, 0.25) is 0 Å². The molecular formula is C24H49LaO4. The molecule has 0 rings (SSSR count). The summed E-state index contributed by atoms with van der Waals surface area (Å²) in [6.45, 7) is 10.1. The molecule has 0 fully saturated rings. The Labute approximate surface area is 196 Å². The molecule has 0 aliphatic rings. The van der Waals surface area contributed by atoms with E-state index in [4.69, 9.17) is 5.11 Å². The van der Waals surface area contributed by atoms with Crippen LogP contribution in [0.2, 0.25) is 0 Å². The number of unbranched alkanes of at least 4 members (excludes halogenated alkanes) is 14. The summed E-state index contributed by atoms with van der Waals surface area (Å²) >= 11 is -3.23. The van der Waals surface area contributed by atoms with Crippen molar-refractivity contribution in [3.63, 3.8) is 0 Å². The van der Waals surface area contributed by atoms with Gasteiger partial charge < -0.3 is 0 Å². The standard InChI is InChI=1S/C18H36O2.2C3H7O.La/c1-2-3-4-5-6-7-8-9-10-11-12-13-14-15-16-17-18(19)20;2*1-3(2)4;/h2-17H2,1H3,(H,19,20);2*3H,1-2H3;/q;2*-1;+3/p-1. The van der Waals surface area contributed by atoms with E-state index in [-0.39, 0.29) is 18.2 Å². The van der Waals surface area contributed by atoms with Crippen molar-refractivity contribution in [1.29, 1.82) is 0 Å². The average molecular weight is 541 g/mol. The molecule has 0 N–H and O–H groups in total. The predicted octanol–water partition coefficient (Wildman–Crippen LogP) is 8.01. The van der Waals surface area contributed by atoms with E-state index in [9.17, 15) is 4.79 Å². The molecule has 172 valence electrons. The molecule has 0 amide bonds. The molecule has 29 heavy (non-hydrogen) atoms. The number of carbonyl (C=O) groups is 1. The van der Waals surface area contributed by atoms with Crippen LogP contribution in [0.25, 0.3) is 0 Å². The zero-order valence-corrected chi connectivity index (χ0v) is 23.8. The summed E-state index contributed by atoms with van der Waals surface area (Å²) in [6, 6.07) is 0. The van der Waals surface area contributed by atoms with E-state index in [1.165, 1.54) is 83.5 Å². The van der Waals surface area contributed by atoms with Crippen molar-refractivity contribution in [2.45, 2.75) is 150 Å². The van der Waals surface area contributed by atoms with Gasteiger partial charge in [-0.15, -0.1) is 0 Å². The zero-order valence-electron chi connectivity index (χ0n) is 20.2. The van der Waals surface area contributed by atoms with Gasteiger partial charge >= 0.3 is 152 Å². The van der Waals surface area contributed by atoms with Gasteiger partial charge in [0, 0.05) is 0 Å². The second kappa shape index (κ2) is 21.8. The minimum atomic E-state index is -3.23. The second-order valence-corrected chi connectivity index (χ2v) is 13.1. The van der Waals surface area contributed by atoms with Crippen LogP contribution >= 0.6 is 0 Å². The van der Waals surface area contributed by atoms with Crippen molar-refractivity contribution < 1.29 is 41.5 Å². The molecule has 0 spiro atoms. The minimum absolute atomic E-state index is 0.0546. The van der Waals surface area contributed by atoms with Crippen molar-refractivity contribution in [2.24, 2.45) is 0 Å². The Bertz CT molecular complexity index is 351. The van der Waals surface area contributed by atoms with Crippen molar-refractivity contribution >= 4 is 5.97 Å². The van der Waals surface area contributed by atoms with E-state index >= 15 is 0 Å². The molecule has 0 unspecified atom stereocenters. The van der Waals surface area contributed by atoms with Crippen molar-refractivity contribution in [1.82, 2.24) is 0 Å². The van der Waals surface area contributed by atoms with Crippen molar-refractivity contribution in [3.05, 3.63) is 0 Å². The fourth-order valence-electron chi connectivity index (χ4n) is 3.34. The van der Waals surface area contributed by atoms with Crippen LogP contribution in [-0.2, 0) is 9.91 Å². The van der Waals surface area contributed by atoms with Crippen LogP contribution in [0, 0.1) is 31.6 Å². The molecular weight excluding hydrogens is 491 g/mol. The third-order valence-corrected chi connectivity index (χ3v) is 11.2. The van der Waals surface area contributed by atoms with Gasteiger partial charge in [0.05, 0.1) is 0 Å². The van der Waals surface area contributed by atoms with Crippen LogP contribution in [0.3, 0.4) is 0 Å². The summed E-state index contributed by atoms with van der Waals surface area (Å²) in [4.78, 5) is 12.0. The van der Waals surface area contributed by atoms with Gasteiger partial charge in [-0.2, -0.15) is 0 Å². The van der Waals surface area contributed by atoms with Crippen LogP contribution in [0.15, 0.2) is 0 Å².